The third-order valence-corrected chi connectivity index (χ3v) is 4.61. The molecule has 5 nitrogen and oxygen atoms in total. The fourth-order valence-corrected chi connectivity index (χ4v) is 3.31. The van der Waals surface area contributed by atoms with Crippen LogP contribution in [-0.2, 0) is 12.8 Å². The van der Waals surface area contributed by atoms with Crippen LogP contribution in [0.15, 0.2) is 6.07 Å². The van der Waals surface area contributed by atoms with Crippen molar-refractivity contribution in [3.05, 3.63) is 22.9 Å². The number of aryl methyl sites for hydroxylation is 2. The number of rotatable bonds is 4. The minimum atomic E-state index is -0.476. The molecule has 0 spiro atoms. The van der Waals surface area contributed by atoms with E-state index in [0.717, 1.165) is 56.2 Å². The van der Waals surface area contributed by atoms with Crippen molar-refractivity contribution in [1.29, 1.82) is 0 Å². The normalized spacial score (nSPS) is 24.6. The maximum Gasteiger partial charge on any atom is 0.254 e. The second kappa shape index (κ2) is 6.02. The molecule has 0 atom stereocenters. The first-order valence-electron chi connectivity index (χ1n) is 7.77. The standard InChI is InChI=1S/C16H22N2O3/c17-15(20)13-8-11-2-1-3-14(11)18-16(13)21-12-6-4-10(9-19)5-7-12/h8,10,12,19H,1-7,9H2,(H2,17,20). The Kier molecular flexibility index (Phi) is 4.10. The van der Waals surface area contributed by atoms with Gasteiger partial charge in [0.1, 0.15) is 11.7 Å². The molecule has 0 saturated heterocycles. The fourth-order valence-electron chi connectivity index (χ4n) is 3.31. The quantitative estimate of drug-likeness (QED) is 0.882. The zero-order chi connectivity index (χ0) is 14.8. The van der Waals surface area contributed by atoms with E-state index in [4.69, 9.17) is 10.5 Å². The third-order valence-electron chi connectivity index (χ3n) is 4.61. The Morgan fingerprint density at radius 2 is 2.10 bits per heavy atom. The first-order valence-corrected chi connectivity index (χ1v) is 7.77. The lowest BCUT2D eigenvalue weighted by Gasteiger charge is -2.28. The van der Waals surface area contributed by atoms with Crippen LogP contribution in [0.25, 0.3) is 0 Å². The van der Waals surface area contributed by atoms with Crippen molar-refractivity contribution in [2.24, 2.45) is 11.7 Å². The lowest BCUT2D eigenvalue weighted by molar-refractivity contribution is 0.0933. The van der Waals surface area contributed by atoms with Crippen LogP contribution in [0.2, 0.25) is 0 Å². The van der Waals surface area contributed by atoms with Gasteiger partial charge in [0.2, 0.25) is 5.88 Å². The number of carbonyl (C=O) groups is 1. The topological polar surface area (TPSA) is 85.4 Å². The van der Waals surface area contributed by atoms with Crippen molar-refractivity contribution in [2.75, 3.05) is 6.61 Å². The van der Waals surface area contributed by atoms with E-state index in [2.05, 4.69) is 4.98 Å². The number of aromatic nitrogens is 1. The highest BCUT2D eigenvalue weighted by Crippen LogP contribution is 2.30. The van der Waals surface area contributed by atoms with E-state index < -0.39 is 5.91 Å². The highest BCUT2D eigenvalue weighted by Gasteiger charge is 2.25. The first kappa shape index (κ1) is 14.3. The number of amides is 1. The largest absolute Gasteiger partial charge is 0.474 e. The maximum atomic E-state index is 11.6. The van der Waals surface area contributed by atoms with Gasteiger partial charge in [0, 0.05) is 12.3 Å². The molecule has 5 heteroatoms. The van der Waals surface area contributed by atoms with Crippen LogP contribution in [0.3, 0.4) is 0 Å². The van der Waals surface area contributed by atoms with E-state index in [1.54, 1.807) is 0 Å². The van der Waals surface area contributed by atoms with Gasteiger partial charge < -0.3 is 15.6 Å². The van der Waals surface area contributed by atoms with E-state index in [9.17, 15) is 9.90 Å². The number of pyridine rings is 1. The van der Waals surface area contributed by atoms with E-state index >= 15 is 0 Å². The van der Waals surface area contributed by atoms with E-state index in [0.29, 0.717) is 17.4 Å². The van der Waals surface area contributed by atoms with Crippen LogP contribution < -0.4 is 10.5 Å². The minimum absolute atomic E-state index is 0.0675. The molecular formula is C16H22N2O3. The molecule has 21 heavy (non-hydrogen) atoms. The molecule has 1 fully saturated rings. The van der Waals surface area contributed by atoms with Crippen molar-refractivity contribution in [3.8, 4) is 5.88 Å². The average molecular weight is 290 g/mol. The molecule has 0 bridgehead atoms. The summed E-state index contributed by atoms with van der Waals surface area (Å²) < 4.78 is 5.97. The predicted octanol–water partition coefficient (Wildman–Crippen LogP) is 1.60. The van der Waals surface area contributed by atoms with Crippen molar-refractivity contribution in [1.82, 2.24) is 4.98 Å². The number of hydrogen-bond donors (Lipinski definition) is 2. The van der Waals surface area contributed by atoms with Gasteiger partial charge in [0.05, 0.1) is 0 Å². The Bertz CT molecular complexity index is 537. The van der Waals surface area contributed by atoms with Gasteiger partial charge in [-0.05, 0) is 62.5 Å². The molecule has 1 amide bonds. The Hall–Kier alpha value is -1.62. The summed E-state index contributed by atoms with van der Waals surface area (Å²) in [5.74, 6) is 0.306. The second-order valence-electron chi connectivity index (χ2n) is 6.11. The summed E-state index contributed by atoms with van der Waals surface area (Å²) in [7, 11) is 0. The van der Waals surface area contributed by atoms with Gasteiger partial charge in [-0.1, -0.05) is 0 Å². The number of aliphatic hydroxyl groups is 1. The summed E-state index contributed by atoms with van der Waals surface area (Å²) in [6.07, 6.45) is 6.75. The van der Waals surface area contributed by atoms with Crippen LogP contribution in [-0.4, -0.2) is 28.7 Å². The summed E-state index contributed by atoms with van der Waals surface area (Å²) in [4.78, 5) is 16.2. The molecule has 0 radical (unpaired) electrons. The van der Waals surface area contributed by atoms with Gasteiger partial charge in [0.15, 0.2) is 0 Å². The molecule has 1 heterocycles. The van der Waals surface area contributed by atoms with Gasteiger partial charge in [-0.15, -0.1) is 0 Å². The molecule has 0 aromatic carbocycles. The van der Waals surface area contributed by atoms with Crippen molar-refractivity contribution in [2.45, 2.75) is 51.0 Å². The molecule has 1 aromatic rings. The number of aliphatic hydroxyl groups excluding tert-OH is 1. The van der Waals surface area contributed by atoms with Crippen LogP contribution in [0.5, 0.6) is 5.88 Å². The molecule has 1 saturated carbocycles. The number of primary amides is 1. The number of ether oxygens (including phenoxy) is 1. The Morgan fingerprint density at radius 1 is 1.33 bits per heavy atom. The summed E-state index contributed by atoms with van der Waals surface area (Å²) >= 11 is 0. The van der Waals surface area contributed by atoms with Gasteiger partial charge in [0.25, 0.3) is 5.91 Å². The lowest BCUT2D eigenvalue weighted by atomic mass is 9.88. The van der Waals surface area contributed by atoms with Crippen LogP contribution in [0.1, 0.15) is 53.7 Å². The maximum absolute atomic E-state index is 11.6. The van der Waals surface area contributed by atoms with E-state index in [-0.39, 0.29) is 12.7 Å². The fraction of sp³-hybridized carbons (Fsp3) is 0.625. The molecule has 2 aliphatic rings. The Balaban J connectivity index is 1.77. The molecule has 0 unspecified atom stereocenters. The zero-order valence-corrected chi connectivity index (χ0v) is 12.2. The number of carbonyl (C=O) groups excluding carboxylic acids is 1. The second-order valence-corrected chi connectivity index (χ2v) is 6.11. The van der Waals surface area contributed by atoms with Gasteiger partial charge >= 0.3 is 0 Å². The number of fused-ring (bicyclic) bond motifs is 1. The van der Waals surface area contributed by atoms with Crippen molar-refractivity contribution < 1.29 is 14.6 Å². The molecular weight excluding hydrogens is 268 g/mol. The molecule has 114 valence electrons. The summed E-state index contributed by atoms with van der Waals surface area (Å²) in [6.45, 7) is 0.246. The lowest BCUT2D eigenvalue weighted by Crippen LogP contribution is -2.27. The minimum Gasteiger partial charge on any atom is -0.474 e. The number of hydrogen-bond acceptors (Lipinski definition) is 4. The summed E-state index contributed by atoms with van der Waals surface area (Å²) in [6, 6.07) is 1.85. The van der Waals surface area contributed by atoms with Crippen molar-refractivity contribution >= 4 is 5.91 Å². The molecule has 0 aliphatic heterocycles. The zero-order valence-electron chi connectivity index (χ0n) is 12.2. The van der Waals surface area contributed by atoms with Gasteiger partial charge in [-0.25, -0.2) is 4.98 Å². The predicted molar refractivity (Wildman–Crippen MR) is 78.2 cm³/mol. The highest BCUT2D eigenvalue weighted by molar-refractivity contribution is 5.95. The van der Waals surface area contributed by atoms with E-state index in [1.165, 1.54) is 0 Å². The SMILES string of the molecule is NC(=O)c1cc2c(nc1OC1CCC(CO)CC1)CCC2. The highest BCUT2D eigenvalue weighted by atomic mass is 16.5. The van der Waals surface area contributed by atoms with Crippen molar-refractivity contribution in [3.63, 3.8) is 0 Å². The van der Waals surface area contributed by atoms with Gasteiger partial charge in [-0.3, -0.25) is 4.79 Å². The summed E-state index contributed by atoms with van der Waals surface area (Å²) in [5.41, 5.74) is 8.03. The van der Waals surface area contributed by atoms with E-state index in [1.807, 2.05) is 6.07 Å². The molecule has 2 aliphatic carbocycles. The third kappa shape index (κ3) is 3.02. The first-order chi connectivity index (χ1) is 10.2. The Morgan fingerprint density at radius 3 is 2.76 bits per heavy atom. The molecule has 1 aromatic heterocycles. The Labute approximate surface area is 124 Å². The summed E-state index contributed by atoms with van der Waals surface area (Å²) in [5, 5.41) is 9.18. The van der Waals surface area contributed by atoms with Gasteiger partial charge in [-0.2, -0.15) is 0 Å². The van der Waals surface area contributed by atoms with Crippen LogP contribution in [0, 0.1) is 5.92 Å². The molecule has 3 N–H and O–H groups in total. The average Bonchev–Trinajstić information content (AvgIpc) is 2.94. The smallest absolute Gasteiger partial charge is 0.254 e. The monoisotopic (exact) mass is 290 g/mol. The number of nitrogens with two attached hydrogens (primary N) is 1. The molecule has 3 rings (SSSR count). The number of nitrogens with zero attached hydrogens (tertiary/aromatic N) is 1. The van der Waals surface area contributed by atoms with Crippen LogP contribution >= 0.6 is 0 Å². The van der Waals surface area contributed by atoms with Crippen LogP contribution in [0.4, 0.5) is 0 Å².